The first kappa shape index (κ1) is 27.6. The van der Waals surface area contributed by atoms with Gasteiger partial charge >= 0.3 is 0 Å². The third kappa shape index (κ3) is 6.53. The van der Waals surface area contributed by atoms with E-state index in [4.69, 9.17) is 44.9 Å². The number of ether oxygens (including phenoxy) is 1. The Bertz CT molecular complexity index is 1390. The van der Waals surface area contributed by atoms with Crippen LogP contribution in [-0.2, 0) is 13.1 Å². The normalized spacial score (nSPS) is 11.5. The quantitative estimate of drug-likeness (QED) is 0.180. The Hall–Kier alpha value is -2.44. The van der Waals surface area contributed by atoms with Gasteiger partial charge in [0.15, 0.2) is 0 Å². The van der Waals surface area contributed by atoms with Gasteiger partial charge in [0.2, 0.25) is 5.62 Å². The first-order valence-corrected chi connectivity index (χ1v) is 13.9. The van der Waals surface area contributed by atoms with Crippen molar-refractivity contribution in [2.45, 2.75) is 39.8 Å². The minimum absolute atomic E-state index is 0.470. The molecule has 0 aliphatic carbocycles. The molecule has 0 bridgehead atoms. The predicted molar refractivity (Wildman–Crippen MR) is 155 cm³/mol. The van der Waals surface area contributed by atoms with E-state index in [-0.39, 0.29) is 0 Å². The molecule has 0 radical (unpaired) electrons. The van der Waals surface area contributed by atoms with Gasteiger partial charge in [0, 0.05) is 23.7 Å². The van der Waals surface area contributed by atoms with E-state index in [1.165, 1.54) is 0 Å². The Morgan fingerprint density at radius 2 is 1.49 bits per heavy atom. The molecule has 1 heterocycles. The molecule has 0 aliphatic heterocycles. The van der Waals surface area contributed by atoms with E-state index >= 15 is 0 Å². The summed E-state index contributed by atoms with van der Waals surface area (Å²) in [6.45, 7) is 9.30. The smallest absolute Gasteiger partial charge is 0.202 e. The Morgan fingerprint density at radius 3 is 2.16 bits per heavy atom. The number of halogens is 3. The second kappa shape index (κ2) is 12.9. The molecule has 8 heteroatoms. The van der Waals surface area contributed by atoms with Crippen LogP contribution in [0.2, 0.25) is 15.1 Å². The third-order valence-electron chi connectivity index (χ3n) is 6.67. The summed E-state index contributed by atoms with van der Waals surface area (Å²) in [4.78, 5) is 2.41. The van der Waals surface area contributed by atoms with Gasteiger partial charge in [0.05, 0.1) is 27.7 Å². The van der Waals surface area contributed by atoms with E-state index in [1.54, 1.807) is 18.2 Å². The largest absolute Gasteiger partial charge is 0.492 e. The molecule has 196 valence electrons. The zero-order valence-corrected chi connectivity index (χ0v) is 23.6. The summed E-state index contributed by atoms with van der Waals surface area (Å²) >= 11 is 19.0. The van der Waals surface area contributed by atoms with Gasteiger partial charge in [-0.2, -0.15) is 0 Å². The lowest BCUT2D eigenvalue weighted by molar-refractivity contribution is 0.291. The van der Waals surface area contributed by atoms with Crippen LogP contribution in [0.5, 0.6) is 5.75 Å². The third-order valence-corrected chi connectivity index (χ3v) is 7.51. The first-order valence-electron chi connectivity index (χ1n) is 12.8. The number of aromatic nitrogens is 2. The average molecular weight is 560 g/mol. The van der Waals surface area contributed by atoms with E-state index in [0.717, 1.165) is 54.8 Å². The molecular weight excluding hydrogens is 527 g/mol. The van der Waals surface area contributed by atoms with Crippen molar-refractivity contribution in [1.82, 2.24) is 14.0 Å². The fraction of sp³-hybridized carbons (Fsp3) is 0.345. The number of hydrogen-bond donors (Lipinski definition) is 1. The van der Waals surface area contributed by atoms with Crippen LogP contribution in [0.3, 0.4) is 0 Å². The molecule has 1 N–H and O–H groups in total. The van der Waals surface area contributed by atoms with Crippen molar-refractivity contribution in [3.05, 3.63) is 81.3 Å². The minimum atomic E-state index is 0.470. The van der Waals surface area contributed by atoms with Gasteiger partial charge in [-0.3, -0.25) is 5.41 Å². The van der Waals surface area contributed by atoms with Crippen molar-refractivity contribution < 1.29 is 4.74 Å². The highest BCUT2D eigenvalue weighted by molar-refractivity contribution is 6.35. The molecule has 0 saturated carbocycles. The highest BCUT2D eigenvalue weighted by Crippen LogP contribution is 2.32. The van der Waals surface area contributed by atoms with E-state index in [0.29, 0.717) is 46.0 Å². The van der Waals surface area contributed by atoms with E-state index in [9.17, 15) is 0 Å². The second-order valence-corrected chi connectivity index (χ2v) is 10.2. The lowest BCUT2D eigenvalue weighted by Gasteiger charge is -2.18. The lowest BCUT2D eigenvalue weighted by Crippen LogP contribution is -2.28. The first-order chi connectivity index (χ1) is 17.9. The fourth-order valence-electron chi connectivity index (χ4n) is 4.64. The van der Waals surface area contributed by atoms with Gasteiger partial charge in [-0.1, -0.05) is 79.0 Å². The summed E-state index contributed by atoms with van der Waals surface area (Å²) in [5.74, 6) is 0.608. The molecule has 5 nitrogen and oxygen atoms in total. The minimum Gasteiger partial charge on any atom is -0.492 e. The highest BCUT2D eigenvalue weighted by atomic mass is 35.5. The highest BCUT2D eigenvalue weighted by Gasteiger charge is 2.15. The SMILES string of the molecule is CCN(CC)CCCn1c(=N)n(CCCOc2ccc(Cl)cc2Cl)c2cc(Cl)c(-c3ccccc3)cc21. The van der Waals surface area contributed by atoms with E-state index in [2.05, 4.69) is 41.5 Å². The Kier molecular flexibility index (Phi) is 9.60. The van der Waals surface area contributed by atoms with Crippen molar-refractivity contribution in [2.75, 3.05) is 26.2 Å². The maximum atomic E-state index is 9.05. The molecular formula is C29H33Cl3N4O. The molecule has 0 unspecified atom stereocenters. The summed E-state index contributed by atoms with van der Waals surface area (Å²) in [6, 6.07) is 19.5. The molecule has 1 aromatic heterocycles. The van der Waals surface area contributed by atoms with Crippen molar-refractivity contribution >= 4 is 45.8 Å². The standard InChI is InChI=1S/C29H33Cl3N4O/c1-3-34(4-2)14-8-15-35-26-19-23(21-10-6-5-7-11-21)24(31)20-27(26)36(29(35)33)16-9-17-37-28-13-12-22(30)18-25(28)32/h5-7,10-13,18-20,33H,3-4,8-9,14-17H2,1-2H3. The fourth-order valence-corrected chi connectivity index (χ4v) is 5.37. The van der Waals surface area contributed by atoms with Crippen LogP contribution in [0, 0.1) is 5.41 Å². The summed E-state index contributed by atoms with van der Waals surface area (Å²) in [5, 5.41) is 10.8. The molecule has 0 spiro atoms. The lowest BCUT2D eigenvalue weighted by atomic mass is 10.0. The number of nitrogens with zero attached hydrogens (tertiary/aromatic N) is 3. The molecule has 0 aliphatic rings. The Morgan fingerprint density at radius 1 is 0.811 bits per heavy atom. The van der Waals surface area contributed by atoms with Crippen LogP contribution < -0.4 is 10.4 Å². The molecule has 37 heavy (non-hydrogen) atoms. The second-order valence-electron chi connectivity index (χ2n) is 8.97. The zero-order chi connectivity index (χ0) is 26.4. The topological polar surface area (TPSA) is 46.2 Å². The van der Waals surface area contributed by atoms with Crippen LogP contribution in [0.4, 0.5) is 0 Å². The number of benzene rings is 3. The molecule has 0 amide bonds. The molecule has 0 fully saturated rings. The van der Waals surface area contributed by atoms with Gasteiger partial charge in [-0.15, -0.1) is 0 Å². The van der Waals surface area contributed by atoms with E-state index in [1.807, 2.05) is 28.8 Å². The van der Waals surface area contributed by atoms with Crippen molar-refractivity contribution in [2.24, 2.45) is 0 Å². The van der Waals surface area contributed by atoms with Gasteiger partial charge < -0.3 is 18.8 Å². The number of aryl methyl sites for hydroxylation is 2. The van der Waals surface area contributed by atoms with Gasteiger partial charge in [0.25, 0.3) is 0 Å². The molecule has 0 saturated heterocycles. The van der Waals surface area contributed by atoms with Gasteiger partial charge in [-0.05, 0) is 68.4 Å². The summed E-state index contributed by atoms with van der Waals surface area (Å²) in [7, 11) is 0. The Labute approximate surface area is 233 Å². The monoisotopic (exact) mass is 558 g/mol. The Balaban J connectivity index is 1.61. The maximum absolute atomic E-state index is 9.05. The van der Waals surface area contributed by atoms with Crippen molar-refractivity contribution in [3.63, 3.8) is 0 Å². The van der Waals surface area contributed by atoms with Crippen LogP contribution in [0.15, 0.2) is 60.7 Å². The van der Waals surface area contributed by atoms with Crippen LogP contribution in [-0.4, -0.2) is 40.3 Å². The number of nitrogens with one attached hydrogen (secondary N) is 1. The van der Waals surface area contributed by atoms with Crippen LogP contribution in [0.1, 0.15) is 26.7 Å². The molecule has 4 aromatic rings. The van der Waals surface area contributed by atoms with Crippen molar-refractivity contribution in [1.29, 1.82) is 5.41 Å². The van der Waals surface area contributed by atoms with Gasteiger partial charge in [-0.25, -0.2) is 0 Å². The number of fused-ring (bicyclic) bond motifs is 1. The van der Waals surface area contributed by atoms with Crippen LogP contribution >= 0.6 is 34.8 Å². The predicted octanol–water partition coefficient (Wildman–Crippen LogP) is 7.75. The summed E-state index contributed by atoms with van der Waals surface area (Å²) in [6.07, 6.45) is 1.69. The zero-order valence-electron chi connectivity index (χ0n) is 21.3. The van der Waals surface area contributed by atoms with E-state index < -0.39 is 0 Å². The maximum Gasteiger partial charge on any atom is 0.202 e. The number of hydrogen-bond acceptors (Lipinski definition) is 3. The molecule has 4 rings (SSSR count). The molecule has 3 aromatic carbocycles. The molecule has 0 atom stereocenters. The number of imidazole rings is 1. The number of rotatable bonds is 12. The van der Waals surface area contributed by atoms with Crippen LogP contribution in [0.25, 0.3) is 22.2 Å². The summed E-state index contributed by atoms with van der Waals surface area (Å²) in [5.41, 5.74) is 4.50. The summed E-state index contributed by atoms with van der Waals surface area (Å²) < 4.78 is 10.0. The van der Waals surface area contributed by atoms with Crippen molar-refractivity contribution in [3.8, 4) is 16.9 Å². The van der Waals surface area contributed by atoms with Gasteiger partial charge in [0.1, 0.15) is 5.75 Å². The average Bonchev–Trinajstić information content (AvgIpc) is 3.15.